The minimum Gasteiger partial charge on any atom is -0.497 e. The standard InChI is InChI=1S/C24H32N2O4/c1-15-5-8-19(29-4)11-20(15)23-9-10-26(14-18-6-7-18)16(2)24(23,30-17(3)27)12-21(25)22(28)13-23/h5,8,11,16,18,25H,6-7,9-10,12-14H2,1-4H3. The summed E-state index contributed by atoms with van der Waals surface area (Å²) in [6, 6.07) is 5.84. The monoisotopic (exact) mass is 412 g/mol. The Balaban J connectivity index is 1.90. The molecule has 6 nitrogen and oxygen atoms in total. The highest BCUT2D eigenvalue weighted by Gasteiger charge is 2.65. The van der Waals surface area contributed by atoms with E-state index < -0.39 is 11.0 Å². The van der Waals surface area contributed by atoms with Crippen molar-refractivity contribution in [3.05, 3.63) is 29.3 Å². The van der Waals surface area contributed by atoms with Crippen LogP contribution in [0.3, 0.4) is 0 Å². The highest BCUT2D eigenvalue weighted by Crippen LogP contribution is 2.56. The van der Waals surface area contributed by atoms with Crippen molar-refractivity contribution in [2.24, 2.45) is 5.92 Å². The molecular formula is C24H32N2O4. The first-order valence-corrected chi connectivity index (χ1v) is 10.9. The molecule has 162 valence electrons. The molecule has 4 rings (SSSR count). The second-order valence-corrected chi connectivity index (χ2v) is 9.37. The Bertz CT molecular complexity index is 893. The van der Waals surface area contributed by atoms with Crippen molar-refractivity contribution in [1.82, 2.24) is 4.90 Å². The second-order valence-electron chi connectivity index (χ2n) is 9.37. The number of ketones is 1. The zero-order valence-corrected chi connectivity index (χ0v) is 18.4. The van der Waals surface area contributed by atoms with E-state index in [9.17, 15) is 9.59 Å². The van der Waals surface area contributed by atoms with Gasteiger partial charge in [0.15, 0.2) is 5.78 Å². The lowest BCUT2D eigenvalue weighted by atomic mass is 9.52. The number of esters is 1. The highest BCUT2D eigenvalue weighted by molar-refractivity contribution is 6.40. The van der Waals surface area contributed by atoms with Crippen molar-refractivity contribution in [2.75, 3.05) is 20.2 Å². The molecule has 6 heteroatoms. The van der Waals surface area contributed by atoms with Crippen LogP contribution in [0.2, 0.25) is 0 Å². The van der Waals surface area contributed by atoms with Crippen LogP contribution < -0.4 is 4.74 Å². The van der Waals surface area contributed by atoms with Crippen LogP contribution in [0.5, 0.6) is 5.75 Å². The Hall–Kier alpha value is -2.21. The average Bonchev–Trinajstić information content (AvgIpc) is 3.51. The van der Waals surface area contributed by atoms with E-state index in [4.69, 9.17) is 14.9 Å². The number of likely N-dealkylation sites (tertiary alicyclic amines) is 1. The van der Waals surface area contributed by atoms with Crippen LogP contribution in [0.4, 0.5) is 0 Å². The molecule has 2 saturated carbocycles. The number of aryl methyl sites for hydroxylation is 1. The number of hydrogen-bond donors (Lipinski definition) is 1. The van der Waals surface area contributed by atoms with E-state index in [-0.39, 0.29) is 36.3 Å². The molecule has 0 spiro atoms. The van der Waals surface area contributed by atoms with Gasteiger partial charge in [0, 0.05) is 37.8 Å². The summed E-state index contributed by atoms with van der Waals surface area (Å²) < 4.78 is 11.7. The van der Waals surface area contributed by atoms with Crippen LogP contribution in [-0.4, -0.2) is 54.2 Å². The quantitative estimate of drug-likeness (QED) is 0.750. The number of benzene rings is 1. The van der Waals surface area contributed by atoms with E-state index in [2.05, 4.69) is 11.8 Å². The zero-order chi connectivity index (χ0) is 21.7. The summed E-state index contributed by atoms with van der Waals surface area (Å²) in [6.45, 7) is 7.41. The number of hydrogen-bond acceptors (Lipinski definition) is 6. The Labute approximate surface area is 178 Å². The topological polar surface area (TPSA) is 79.7 Å². The van der Waals surface area contributed by atoms with Crippen molar-refractivity contribution in [3.63, 3.8) is 0 Å². The van der Waals surface area contributed by atoms with Gasteiger partial charge in [-0.25, -0.2) is 0 Å². The van der Waals surface area contributed by atoms with Gasteiger partial charge in [0.25, 0.3) is 0 Å². The summed E-state index contributed by atoms with van der Waals surface area (Å²) in [4.78, 5) is 27.7. The lowest BCUT2D eigenvalue weighted by molar-refractivity contribution is -0.192. The number of piperidine rings is 1. The van der Waals surface area contributed by atoms with Gasteiger partial charge in [0.05, 0.1) is 12.8 Å². The summed E-state index contributed by atoms with van der Waals surface area (Å²) in [5, 5.41) is 8.39. The van der Waals surface area contributed by atoms with Crippen LogP contribution in [0.15, 0.2) is 18.2 Å². The smallest absolute Gasteiger partial charge is 0.303 e. The maximum absolute atomic E-state index is 12.9. The normalized spacial score (nSPS) is 31.9. The molecule has 3 aliphatic rings. The molecule has 30 heavy (non-hydrogen) atoms. The number of carbonyl (C=O) groups is 2. The maximum atomic E-state index is 12.9. The molecule has 1 saturated heterocycles. The number of nitrogens with zero attached hydrogens (tertiary/aromatic N) is 1. The molecule has 1 aromatic rings. The van der Waals surface area contributed by atoms with E-state index in [0.29, 0.717) is 12.3 Å². The molecule has 0 aromatic heterocycles. The number of carbonyl (C=O) groups excluding carboxylic acids is 2. The molecule has 3 atom stereocenters. The number of methoxy groups -OCH3 is 1. The predicted molar refractivity (Wildman–Crippen MR) is 114 cm³/mol. The number of nitrogens with one attached hydrogen (secondary N) is 1. The van der Waals surface area contributed by atoms with Gasteiger partial charge in [-0.2, -0.15) is 0 Å². The van der Waals surface area contributed by atoms with E-state index in [1.54, 1.807) is 7.11 Å². The van der Waals surface area contributed by atoms with Crippen LogP contribution in [0, 0.1) is 18.3 Å². The summed E-state index contributed by atoms with van der Waals surface area (Å²) in [7, 11) is 1.63. The van der Waals surface area contributed by atoms with Crippen molar-refractivity contribution in [1.29, 1.82) is 5.41 Å². The van der Waals surface area contributed by atoms with Gasteiger partial charge in [-0.3, -0.25) is 14.5 Å². The zero-order valence-electron chi connectivity index (χ0n) is 18.4. The van der Waals surface area contributed by atoms with Crippen LogP contribution in [0.25, 0.3) is 0 Å². The fourth-order valence-electron chi connectivity index (χ4n) is 5.79. The Morgan fingerprint density at radius 3 is 2.67 bits per heavy atom. The van der Waals surface area contributed by atoms with E-state index in [1.165, 1.54) is 19.8 Å². The van der Waals surface area contributed by atoms with Crippen LogP contribution >= 0.6 is 0 Å². The van der Waals surface area contributed by atoms with Gasteiger partial charge in [0.2, 0.25) is 0 Å². The molecule has 0 amide bonds. The first-order valence-electron chi connectivity index (χ1n) is 10.9. The largest absolute Gasteiger partial charge is 0.497 e. The molecule has 1 N–H and O–H groups in total. The van der Waals surface area contributed by atoms with Gasteiger partial charge < -0.3 is 14.9 Å². The van der Waals surface area contributed by atoms with Gasteiger partial charge in [-0.15, -0.1) is 0 Å². The van der Waals surface area contributed by atoms with Gasteiger partial charge in [0.1, 0.15) is 11.4 Å². The summed E-state index contributed by atoms with van der Waals surface area (Å²) in [6.07, 6.45) is 3.56. The molecule has 1 heterocycles. The molecule has 3 fully saturated rings. The second kappa shape index (κ2) is 7.49. The van der Waals surface area contributed by atoms with Crippen molar-refractivity contribution in [2.45, 2.75) is 69.9 Å². The first-order chi connectivity index (χ1) is 14.2. The lowest BCUT2D eigenvalue weighted by Gasteiger charge is -2.61. The summed E-state index contributed by atoms with van der Waals surface area (Å²) >= 11 is 0. The van der Waals surface area contributed by atoms with Crippen molar-refractivity contribution < 1.29 is 19.1 Å². The Morgan fingerprint density at radius 1 is 1.30 bits per heavy atom. The van der Waals surface area contributed by atoms with Crippen LogP contribution in [0.1, 0.15) is 57.1 Å². The SMILES string of the molecule is COc1ccc(C)c(C23CCN(CC4CC4)C(C)C2(OC(C)=O)CC(=N)C(=O)C3)c1. The fourth-order valence-corrected chi connectivity index (χ4v) is 5.79. The van der Waals surface area contributed by atoms with Crippen molar-refractivity contribution >= 4 is 17.5 Å². The Morgan fingerprint density at radius 2 is 2.03 bits per heavy atom. The van der Waals surface area contributed by atoms with E-state index in [1.807, 2.05) is 25.1 Å². The number of ether oxygens (including phenoxy) is 2. The number of Topliss-reactive ketones (excluding diaryl/α,β-unsaturated/α-hetero) is 1. The number of fused-ring (bicyclic) bond motifs is 1. The fraction of sp³-hybridized carbons (Fsp3) is 0.625. The molecule has 3 unspecified atom stereocenters. The maximum Gasteiger partial charge on any atom is 0.303 e. The Kier molecular flexibility index (Phi) is 5.25. The predicted octanol–water partition coefficient (Wildman–Crippen LogP) is 3.43. The first kappa shape index (κ1) is 21.0. The molecule has 1 aromatic carbocycles. The summed E-state index contributed by atoms with van der Waals surface area (Å²) in [5.74, 6) is 0.922. The third-order valence-electron chi connectivity index (χ3n) is 7.57. The average molecular weight is 413 g/mol. The van der Waals surface area contributed by atoms with Gasteiger partial charge >= 0.3 is 5.97 Å². The molecule has 0 bridgehead atoms. The summed E-state index contributed by atoms with van der Waals surface area (Å²) in [5.41, 5.74) is 0.498. The molecular weight excluding hydrogens is 380 g/mol. The van der Waals surface area contributed by atoms with Gasteiger partial charge in [-0.05, 0) is 68.8 Å². The van der Waals surface area contributed by atoms with E-state index in [0.717, 1.165) is 30.0 Å². The van der Waals surface area contributed by atoms with Gasteiger partial charge in [-0.1, -0.05) is 6.07 Å². The number of rotatable bonds is 5. The minimum atomic E-state index is -0.950. The minimum absolute atomic E-state index is 0.0625. The molecule has 0 radical (unpaired) electrons. The van der Waals surface area contributed by atoms with E-state index >= 15 is 0 Å². The third-order valence-corrected chi connectivity index (χ3v) is 7.57. The molecule has 2 aliphatic carbocycles. The third kappa shape index (κ3) is 3.25. The van der Waals surface area contributed by atoms with Crippen molar-refractivity contribution in [3.8, 4) is 5.75 Å². The highest BCUT2D eigenvalue weighted by atomic mass is 16.6. The lowest BCUT2D eigenvalue weighted by Crippen LogP contribution is -2.72. The molecule has 1 aliphatic heterocycles. The van der Waals surface area contributed by atoms with Crippen LogP contribution in [-0.2, 0) is 19.7 Å².